The van der Waals surface area contributed by atoms with E-state index >= 15 is 0 Å². The van der Waals surface area contributed by atoms with Crippen LogP contribution >= 0.6 is 35.3 Å². The van der Waals surface area contributed by atoms with Gasteiger partial charge in [-0.25, -0.2) is 8.78 Å². The number of amides is 1. The van der Waals surface area contributed by atoms with Crippen molar-refractivity contribution < 1.29 is 13.6 Å². The Kier molecular flexibility index (Phi) is 6.17. The van der Waals surface area contributed by atoms with Gasteiger partial charge in [0.2, 0.25) is 0 Å². The predicted molar refractivity (Wildman–Crippen MR) is 62.9 cm³/mol. The molecule has 16 heavy (non-hydrogen) atoms. The molecule has 0 aliphatic rings. The zero-order chi connectivity index (χ0) is 11.5. The monoisotopic (exact) mass is 290 g/mol. The highest BCUT2D eigenvalue weighted by Crippen LogP contribution is 2.21. The summed E-state index contributed by atoms with van der Waals surface area (Å²) in [5, 5.41) is 3.94. The zero-order valence-corrected chi connectivity index (χ0v) is 10.4. The van der Waals surface area contributed by atoms with Crippen LogP contribution in [-0.2, 0) is 0 Å². The molecule has 92 valence electrons. The lowest BCUT2D eigenvalue weighted by molar-refractivity contribution is 0.0119. The van der Waals surface area contributed by atoms with Gasteiger partial charge in [-0.3, -0.25) is 4.79 Å². The highest BCUT2D eigenvalue weighted by molar-refractivity contribution is 7.12. The molecule has 0 unspecified atom stereocenters. The Bertz CT molecular complexity index is 360. The lowest BCUT2D eigenvalue weighted by Crippen LogP contribution is -2.41. The first kappa shape index (κ1) is 15.6. The van der Waals surface area contributed by atoms with Gasteiger partial charge in [-0.2, -0.15) is 0 Å². The second kappa shape index (κ2) is 6.34. The fourth-order valence-corrected chi connectivity index (χ4v) is 1.87. The maximum atomic E-state index is 12.7. The third kappa shape index (κ3) is 4.21. The van der Waals surface area contributed by atoms with Gasteiger partial charge in [-0.15, -0.1) is 23.7 Å². The summed E-state index contributed by atoms with van der Waals surface area (Å²) in [6, 6.07) is 1.53. The van der Waals surface area contributed by atoms with Crippen LogP contribution in [0.3, 0.4) is 0 Å². The average Bonchev–Trinajstić information content (AvgIpc) is 2.61. The minimum atomic E-state index is -3.08. The van der Waals surface area contributed by atoms with E-state index in [2.05, 4.69) is 5.32 Å². The van der Waals surface area contributed by atoms with E-state index in [9.17, 15) is 13.6 Å². The van der Waals surface area contributed by atoms with Gasteiger partial charge in [0.05, 0.1) is 18.1 Å². The van der Waals surface area contributed by atoms with E-state index in [0.29, 0.717) is 0 Å². The number of thiophene rings is 1. The molecule has 3 nitrogen and oxygen atoms in total. The van der Waals surface area contributed by atoms with Gasteiger partial charge < -0.3 is 11.1 Å². The summed E-state index contributed by atoms with van der Waals surface area (Å²) in [6.45, 7) is -1.58. The van der Waals surface area contributed by atoms with Crippen molar-refractivity contribution in [2.24, 2.45) is 5.73 Å². The van der Waals surface area contributed by atoms with E-state index in [1.807, 2.05) is 0 Å². The lowest BCUT2D eigenvalue weighted by atomic mass is 10.3. The number of nitrogens with one attached hydrogen (secondary N) is 1. The molecule has 0 aromatic carbocycles. The Hall–Kier alpha value is -0.430. The summed E-state index contributed by atoms with van der Waals surface area (Å²) in [7, 11) is 0. The highest BCUT2D eigenvalue weighted by atomic mass is 35.5. The maximum absolute atomic E-state index is 12.7. The Labute approximate surface area is 106 Å². The van der Waals surface area contributed by atoms with Gasteiger partial charge in [-0.1, -0.05) is 11.6 Å². The molecule has 3 N–H and O–H groups in total. The second-order valence-corrected chi connectivity index (χ2v) is 4.16. The fraction of sp³-hybridized carbons (Fsp3) is 0.375. The van der Waals surface area contributed by atoms with Gasteiger partial charge in [0.25, 0.3) is 11.8 Å². The first-order valence-electron chi connectivity index (χ1n) is 4.05. The number of hydrogen-bond donors (Lipinski definition) is 2. The molecular weight excluding hydrogens is 281 g/mol. The topological polar surface area (TPSA) is 55.1 Å². The average molecular weight is 291 g/mol. The molecule has 0 saturated heterocycles. The van der Waals surface area contributed by atoms with E-state index in [1.54, 1.807) is 5.38 Å². The molecule has 1 amide bonds. The molecule has 0 spiro atoms. The van der Waals surface area contributed by atoms with Gasteiger partial charge in [0.1, 0.15) is 4.88 Å². The quantitative estimate of drug-likeness (QED) is 0.893. The third-order valence-corrected chi connectivity index (χ3v) is 2.97. The van der Waals surface area contributed by atoms with Crippen molar-refractivity contribution in [2.75, 3.05) is 13.1 Å². The Balaban J connectivity index is 0.00000225. The lowest BCUT2D eigenvalue weighted by Gasteiger charge is -2.13. The van der Waals surface area contributed by atoms with E-state index in [-0.39, 0.29) is 22.3 Å². The summed E-state index contributed by atoms with van der Waals surface area (Å²) in [6.07, 6.45) is 0. The van der Waals surface area contributed by atoms with E-state index < -0.39 is 24.9 Å². The Morgan fingerprint density at radius 2 is 2.25 bits per heavy atom. The van der Waals surface area contributed by atoms with Crippen LogP contribution in [0, 0.1) is 0 Å². The van der Waals surface area contributed by atoms with Crippen LogP contribution in [0.1, 0.15) is 9.67 Å². The SMILES string of the molecule is Cl.NCC(F)(F)CNC(=O)c1sccc1Cl. The van der Waals surface area contributed by atoms with E-state index in [1.165, 1.54) is 6.07 Å². The van der Waals surface area contributed by atoms with Crippen molar-refractivity contribution in [1.82, 2.24) is 5.32 Å². The fourth-order valence-electron chi connectivity index (χ4n) is 0.818. The Morgan fingerprint density at radius 3 is 2.69 bits per heavy atom. The first-order chi connectivity index (χ1) is 6.96. The number of rotatable bonds is 4. The molecule has 1 aromatic rings. The van der Waals surface area contributed by atoms with Gasteiger partial charge in [-0.05, 0) is 11.4 Å². The third-order valence-electron chi connectivity index (χ3n) is 1.63. The number of halogens is 4. The summed E-state index contributed by atoms with van der Waals surface area (Å²) in [4.78, 5) is 11.6. The number of hydrogen-bond acceptors (Lipinski definition) is 3. The smallest absolute Gasteiger partial charge is 0.277 e. The number of nitrogens with two attached hydrogens (primary N) is 1. The maximum Gasteiger partial charge on any atom is 0.277 e. The molecule has 0 bridgehead atoms. The number of carbonyl (C=O) groups is 1. The van der Waals surface area contributed by atoms with E-state index in [4.69, 9.17) is 17.3 Å². The largest absolute Gasteiger partial charge is 0.345 e. The van der Waals surface area contributed by atoms with Gasteiger partial charge in [0.15, 0.2) is 0 Å². The van der Waals surface area contributed by atoms with Crippen molar-refractivity contribution in [2.45, 2.75) is 5.92 Å². The standard InChI is InChI=1S/C8H9ClF2N2OS.ClH/c9-5-1-2-15-6(5)7(14)13-4-8(10,11)3-12;/h1-2H,3-4,12H2,(H,13,14);1H. The molecule has 0 saturated carbocycles. The molecule has 0 aliphatic heterocycles. The molecule has 1 rings (SSSR count). The highest BCUT2D eigenvalue weighted by Gasteiger charge is 2.27. The molecule has 1 heterocycles. The summed E-state index contributed by atoms with van der Waals surface area (Å²) in [5.74, 6) is -3.69. The van der Waals surface area contributed by atoms with Crippen LogP contribution in [0.2, 0.25) is 5.02 Å². The van der Waals surface area contributed by atoms with Crippen LogP contribution in [0.4, 0.5) is 8.78 Å². The van der Waals surface area contributed by atoms with Gasteiger partial charge in [0, 0.05) is 0 Å². The molecule has 1 aromatic heterocycles. The van der Waals surface area contributed by atoms with Crippen LogP contribution < -0.4 is 11.1 Å². The molecular formula is C8H10Cl2F2N2OS. The van der Waals surface area contributed by atoms with Crippen molar-refractivity contribution in [1.29, 1.82) is 0 Å². The molecule has 8 heteroatoms. The summed E-state index contributed by atoms with van der Waals surface area (Å²) < 4.78 is 25.4. The van der Waals surface area contributed by atoms with Crippen molar-refractivity contribution >= 4 is 41.3 Å². The minimum absolute atomic E-state index is 0. The van der Waals surface area contributed by atoms with E-state index in [0.717, 1.165) is 11.3 Å². The normalized spacial score (nSPS) is 10.8. The van der Waals surface area contributed by atoms with Crippen LogP contribution in [0.5, 0.6) is 0 Å². The number of carbonyl (C=O) groups excluding carboxylic acids is 1. The van der Waals surface area contributed by atoms with Crippen molar-refractivity contribution in [3.8, 4) is 0 Å². The molecule has 0 radical (unpaired) electrons. The van der Waals surface area contributed by atoms with Crippen molar-refractivity contribution in [3.05, 3.63) is 21.3 Å². The summed E-state index contributed by atoms with van der Waals surface area (Å²) in [5.41, 5.74) is 4.82. The van der Waals surface area contributed by atoms with Crippen LogP contribution in [0.15, 0.2) is 11.4 Å². The predicted octanol–water partition coefficient (Wildman–Crippen LogP) is 2.15. The number of alkyl halides is 2. The zero-order valence-electron chi connectivity index (χ0n) is 8.00. The minimum Gasteiger partial charge on any atom is -0.345 e. The van der Waals surface area contributed by atoms with Crippen molar-refractivity contribution in [3.63, 3.8) is 0 Å². The van der Waals surface area contributed by atoms with Crippen LogP contribution in [-0.4, -0.2) is 24.9 Å². The molecule has 0 atom stereocenters. The van der Waals surface area contributed by atoms with Gasteiger partial charge >= 0.3 is 0 Å². The second-order valence-electron chi connectivity index (χ2n) is 2.84. The Morgan fingerprint density at radius 1 is 1.62 bits per heavy atom. The van der Waals surface area contributed by atoms with Crippen LogP contribution in [0.25, 0.3) is 0 Å². The molecule has 0 fully saturated rings. The first-order valence-corrected chi connectivity index (χ1v) is 5.31. The summed E-state index contributed by atoms with van der Waals surface area (Å²) >= 11 is 6.75. The molecule has 0 aliphatic carbocycles.